The molecule has 0 spiro atoms. The molecule has 1 aromatic carbocycles. The summed E-state index contributed by atoms with van der Waals surface area (Å²) >= 11 is 0. The number of rotatable bonds is 8. The van der Waals surface area contributed by atoms with E-state index in [9.17, 15) is 9.59 Å². The normalized spacial score (nSPS) is 13.4. The molecule has 0 saturated carbocycles. The number of hydrogen-bond donors (Lipinski definition) is 4. The van der Waals surface area contributed by atoms with Crippen LogP contribution in [0.15, 0.2) is 30.5 Å². The third-order valence-electron chi connectivity index (χ3n) is 5.56. The fourth-order valence-electron chi connectivity index (χ4n) is 3.84. The highest BCUT2D eigenvalue weighted by atomic mass is 19.1. The minimum absolute atomic E-state index is 0.0180. The van der Waals surface area contributed by atoms with Gasteiger partial charge in [0.1, 0.15) is 11.4 Å². The molecule has 2 atom stereocenters. The van der Waals surface area contributed by atoms with Crippen LogP contribution in [0.4, 0.5) is 26.5 Å². The van der Waals surface area contributed by atoms with Crippen molar-refractivity contribution in [2.45, 2.75) is 59.2 Å². The van der Waals surface area contributed by atoms with Gasteiger partial charge in [-0.15, -0.1) is 0 Å². The van der Waals surface area contributed by atoms with Crippen LogP contribution in [-0.2, 0) is 11.8 Å². The molecule has 2 aromatic heterocycles. The van der Waals surface area contributed by atoms with E-state index < -0.39 is 35.5 Å². The Kier molecular flexibility index (Phi) is 7.71. The van der Waals surface area contributed by atoms with Crippen LogP contribution >= 0.6 is 0 Å². The van der Waals surface area contributed by atoms with Gasteiger partial charge in [-0.3, -0.25) is 9.48 Å². The molecule has 36 heavy (non-hydrogen) atoms. The number of aryl methyl sites for hydroxylation is 1. The predicted molar refractivity (Wildman–Crippen MR) is 138 cm³/mol. The molecule has 10 nitrogen and oxygen atoms in total. The van der Waals surface area contributed by atoms with Crippen LogP contribution in [0.5, 0.6) is 0 Å². The van der Waals surface area contributed by atoms with E-state index in [4.69, 9.17) is 10.5 Å². The molecular weight excluding hydrogens is 465 g/mol. The van der Waals surface area contributed by atoms with E-state index in [1.54, 1.807) is 44.6 Å². The highest BCUT2D eigenvalue weighted by Gasteiger charge is 2.27. The lowest BCUT2D eigenvalue weighted by atomic mass is 9.97. The van der Waals surface area contributed by atoms with E-state index in [-0.39, 0.29) is 23.1 Å². The van der Waals surface area contributed by atoms with E-state index >= 15 is 4.39 Å². The zero-order chi connectivity index (χ0) is 26.8. The Hall–Kier alpha value is -3.89. The van der Waals surface area contributed by atoms with Gasteiger partial charge in [-0.1, -0.05) is 13.8 Å². The van der Waals surface area contributed by atoms with Crippen LogP contribution in [0.2, 0.25) is 0 Å². The molecule has 0 aliphatic rings. The number of fused-ring (bicyclic) bond motifs is 1. The number of carbonyl (C=O) groups excluding carboxylic acids is 2. The summed E-state index contributed by atoms with van der Waals surface area (Å²) in [5.74, 6) is -1.57. The second kappa shape index (κ2) is 10.4. The van der Waals surface area contributed by atoms with Gasteiger partial charge in [0.05, 0.1) is 17.3 Å². The van der Waals surface area contributed by atoms with Crippen molar-refractivity contribution < 1.29 is 18.7 Å². The van der Waals surface area contributed by atoms with Crippen LogP contribution in [0.3, 0.4) is 0 Å². The number of nitrogens with zero attached hydrogens (tertiary/aromatic N) is 3. The number of hydrogen-bond acceptors (Lipinski definition) is 7. The molecule has 0 fully saturated rings. The highest BCUT2D eigenvalue weighted by Crippen LogP contribution is 2.27. The van der Waals surface area contributed by atoms with Crippen molar-refractivity contribution in [3.8, 4) is 0 Å². The summed E-state index contributed by atoms with van der Waals surface area (Å²) in [4.78, 5) is 28.7. The maximum absolute atomic E-state index is 15.0. The first-order valence-electron chi connectivity index (χ1n) is 11.7. The van der Waals surface area contributed by atoms with Gasteiger partial charge in [0.25, 0.3) is 5.91 Å². The lowest BCUT2D eigenvalue weighted by molar-refractivity contribution is 0.0499. The monoisotopic (exact) mass is 499 g/mol. The summed E-state index contributed by atoms with van der Waals surface area (Å²) in [5, 5.41) is 14.1. The van der Waals surface area contributed by atoms with Gasteiger partial charge in [0, 0.05) is 30.2 Å². The number of halogens is 1. The Bertz CT molecular complexity index is 1270. The molecular formula is C25H34FN7O3. The van der Waals surface area contributed by atoms with Crippen LogP contribution in [-0.4, -0.2) is 44.4 Å². The molecule has 0 saturated heterocycles. The number of anilines is 3. The van der Waals surface area contributed by atoms with E-state index in [2.05, 4.69) is 26.0 Å². The van der Waals surface area contributed by atoms with Crippen molar-refractivity contribution >= 4 is 40.2 Å². The average molecular weight is 500 g/mol. The van der Waals surface area contributed by atoms with E-state index in [0.717, 1.165) is 17.0 Å². The first-order valence-corrected chi connectivity index (χ1v) is 11.7. The van der Waals surface area contributed by atoms with Crippen molar-refractivity contribution in [3.05, 3.63) is 41.8 Å². The maximum Gasteiger partial charge on any atom is 0.407 e. The molecule has 194 valence electrons. The second-order valence-electron chi connectivity index (χ2n) is 10.1. The number of aromatic nitrogens is 3. The van der Waals surface area contributed by atoms with Crippen molar-refractivity contribution in [2.75, 3.05) is 10.6 Å². The largest absolute Gasteiger partial charge is 0.444 e. The van der Waals surface area contributed by atoms with Gasteiger partial charge in [0.2, 0.25) is 0 Å². The number of benzene rings is 1. The molecule has 3 aromatic rings. The Morgan fingerprint density at radius 1 is 1.14 bits per heavy atom. The van der Waals surface area contributed by atoms with Crippen molar-refractivity contribution in [1.29, 1.82) is 0 Å². The molecule has 2 heterocycles. The fraction of sp³-hybridized carbons (Fsp3) is 0.440. The number of nitrogens with two attached hydrogens (primary N) is 1. The third-order valence-corrected chi connectivity index (χ3v) is 5.56. The number of nitrogens with one attached hydrogen (secondary N) is 3. The minimum Gasteiger partial charge on any atom is -0.444 e. The molecule has 0 aliphatic carbocycles. The summed E-state index contributed by atoms with van der Waals surface area (Å²) in [6.45, 7) is 11.0. The minimum atomic E-state index is -0.822. The number of alkyl carbamates (subject to hydrolysis) is 1. The van der Waals surface area contributed by atoms with E-state index in [0.29, 0.717) is 5.69 Å². The number of ether oxygens (including phenoxy) is 1. The highest BCUT2D eigenvalue weighted by molar-refractivity contribution is 5.99. The third kappa shape index (κ3) is 6.41. The molecule has 0 radical (unpaired) electrons. The molecule has 2 amide bonds. The molecule has 0 bridgehead atoms. The van der Waals surface area contributed by atoms with Gasteiger partial charge < -0.3 is 26.4 Å². The summed E-state index contributed by atoms with van der Waals surface area (Å²) < 4.78 is 22.1. The van der Waals surface area contributed by atoms with Crippen LogP contribution in [0.1, 0.15) is 51.9 Å². The number of pyridine rings is 1. The van der Waals surface area contributed by atoms with E-state index in [1.165, 1.54) is 0 Å². The smallest absolute Gasteiger partial charge is 0.407 e. The second-order valence-corrected chi connectivity index (χ2v) is 10.1. The summed E-state index contributed by atoms with van der Waals surface area (Å²) in [6.07, 6.45) is 1.16. The molecule has 0 aliphatic heterocycles. The summed E-state index contributed by atoms with van der Waals surface area (Å²) in [6, 6.07) is 5.73. The Morgan fingerprint density at radius 2 is 1.83 bits per heavy atom. The standard InChI is InChI=1S/C25H34FN7O3/c1-13(2)20(14(3)29-24(35)36-25(4,5)6)31-23-18(26)11-17(21(27)34)22(32-23)30-16-9-8-15-12-28-33(7)19(15)10-16/h8-14,20H,1-7H3,(H2,27,34)(H,29,35)(H2,30,31,32)/t14-,20+/m0/s1. The van der Waals surface area contributed by atoms with Crippen molar-refractivity contribution in [1.82, 2.24) is 20.1 Å². The van der Waals surface area contributed by atoms with Crippen LogP contribution in [0, 0.1) is 11.7 Å². The Labute approximate surface area is 209 Å². The first kappa shape index (κ1) is 26.7. The predicted octanol–water partition coefficient (Wildman–Crippen LogP) is 4.30. The number of amides is 2. The van der Waals surface area contributed by atoms with Gasteiger partial charge in [-0.05, 0) is 57.9 Å². The molecule has 0 unspecified atom stereocenters. The number of carbonyl (C=O) groups is 2. The van der Waals surface area contributed by atoms with Crippen molar-refractivity contribution in [3.63, 3.8) is 0 Å². The first-order chi connectivity index (χ1) is 16.7. The van der Waals surface area contributed by atoms with E-state index in [1.807, 2.05) is 33.0 Å². The quantitative estimate of drug-likeness (QED) is 0.363. The zero-order valence-corrected chi connectivity index (χ0v) is 21.6. The molecule has 5 N–H and O–H groups in total. The summed E-state index contributed by atoms with van der Waals surface area (Å²) in [7, 11) is 1.82. The maximum atomic E-state index is 15.0. The zero-order valence-electron chi connectivity index (χ0n) is 21.6. The van der Waals surface area contributed by atoms with Gasteiger partial charge >= 0.3 is 6.09 Å². The average Bonchev–Trinajstić information content (AvgIpc) is 3.11. The number of primary amides is 1. The lowest BCUT2D eigenvalue weighted by Crippen LogP contribution is -2.49. The topological polar surface area (TPSA) is 136 Å². The van der Waals surface area contributed by atoms with Gasteiger partial charge in [-0.25, -0.2) is 14.2 Å². The Balaban J connectivity index is 1.90. The molecule has 11 heteroatoms. The van der Waals surface area contributed by atoms with Gasteiger partial charge in [0.15, 0.2) is 11.6 Å². The lowest BCUT2D eigenvalue weighted by Gasteiger charge is -2.31. The van der Waals surface area contributed by atoms with Crippen molar-refractivity contribution in [2.24, 2.45) is 18.7 Å². The Morgan fingerprint density at radius 3 is 2.44 bits per heavy atom. The SMILES string of the molecule is CC(C)[C@@H](Nc1nc(Nc2ccc3cnn(C)c3c2)c(C(N)=O)cc1F)[C@H](C)NC(=O)OC(C)(C)C. The molecule has 3 rings (SSSR count). The van der Waals surface area contributed by atoms with Crippen LogP contribution in [0.25, 0.3) is 10.9 Å². The van der Waals surface area contributed by atoms with Crippen LogP contribution < -0.4 is 21.7 Å². The van der Waals surface area contributed by atoms with Gasteiger partial charge in [-0.2, -0.15) is 5.10 Å². The fourth-order valence-corrected chi connectivity index (χ4v) is 3.84. The summed E-state index contributed by atoms with van der Waals surface area (Å²) in [5.41, 5.74) is 6.25.